The molecule has 1 spiro atoms. The van der Waals surface area contributed by atoms with Crippen molar-refractivity contribution in [1.29, 1.82) is 0 Å². The lowest BCUT2D eigenvalue weighted by Crippen LogP contribution is -2.56. The fraction of sp³-hybridized carbons (Fsp3) is 0.800. The zero-order valence-corrected chi connectivity index (χ0v) is 19.3. The van der Waals surface area contributed by atoms with Gasteiger partial charge in [0.2, 0.25) is 17.7 Å². The van der Waals surface area contributed by atoms with Crippen LogP contribution in [0.4, 0.5) is 0 Å². The second kappa shape index (κ2) is 8.47. The van der Waals surface area contributed by atoms with E-state index in [-0.39, 0.29) is 35.7 Å². The van der Waals surface area contributed by atoms with E-state index >= 15 is 0 Å². The van der Waals surface area contributed by atoms with Crippen molar-refractivity contribution in [1.82, 2.24) is 15.5 Å². The smallest absolute Gasteiger partial charge is 0.246 e. The van der Waals surface area contributed by atoms with Gasteiger partial charge in [0.15, 0.2) is 0 Å². The van der Waals surface area contributed by atoms with Gasteiger partial charge in [-0.1, -0.05) is 58.1 Å². The van der Waals surface area contributed by atoms with E-state index in [1.807, 2.05) is 26.0 Å². The Kier molecular flexibility index (Phi) is 5.81. The molecule has 176 valence electrons. The number of fused-ring (bicyclic) bond motifs is 1. The molecule has 2 saturated heterocycles. The van der Waals surface area contributed by atoms with Gasteiger partial charge in [0.1, 0.15) is 11.6 Å². The highest BCUT2D eigenvalue weighted by molar-refractivity contribution is 6.00. The fourth-order valence-corrected chi connectivity index (χ4v) is 6.75. The Balaban J connectivity index is 1.41. The number of rotatable bonds is 6. The molecule has 5 rings (SSSR count). The van der Waals surface area contributed by atoms with Gasteiger partial charge < -0.3 is 20.3 Å². The molecule has 0 aromatic rings. The van der Waals surface area contributed by atoms with Crippen molar-refractivity contribution < 1.29 is 19.1 Å². The first-order valence-electron chi connectivity index (χ1n) is 12.7. The lowest BCUT2D eigenvalue weighted by atomic mass is 9.74. The van der Waals surface area contributed by atoms with Gasteiger partial charge in [0.25, 0.3) is 0 Å². The quantitative estimate of drug-likeness (QED) is 0.617. The minimum atomic E-state index is -1.03. The van der Waals surface area contributed by atoms with Crippen LogP contribution in [0.3, 0.4) is 0 Å². The van der Waals surface area contributed by atoms with E-state index in [1.54, 1.807) is 4.90 Å². The first kappa shape index (κ1) is 21.9. The van der Waals surface area contributed by atoms with Crippen LogP contribution in [-0.4, -0.2) is 59.0 Å². The highest BCUT2D eigenvalue weighted by Crippen LogP contribution is 2.55. The molecule has 2 bridgehead atoms. The van der Waals surface area contributed by atoms with Crippen molar-refractivity contribution >= 4 is 17.7 Å². The number of hydrogen-bond donors (Lipinski definition) is 2. The van der Waals surface area contributed by atoms with Crippen LogP contribution in [0.1, 0.15) is 71.6 Å². The maximum Gasteiger partial charge on any atom is 0.246 e. The summed E-state index contributed by atoms with van der Waals surface area (Å²) in [7, 11) is 0. The van der Waals surface area contributed by atoms with E-state index in [1.165, 1.54) is 6.42 Å². The number of nitrogens with one attached hydrogen (secondary N) is 2. The average molecular weight is 444 g/mol. The van der Waals surface area contributed by atoms with Crippen LogP contribution in [0.5, 0.6) is 0 Å². The normalized spacial score (nSPS) is 36.8. The van der Waals surface area contributed by atoms with E-state index in [9.17, 15) is 14.4 Å². The highest BCUT2D eigenvalue weighted by atomic mass is 16.5. The molecule has 32 heavy (non-hydrogen) atoms. The number of likely N-dealkylation sites (tertiary alicyclic amines) is 1. The highest BCUT2D eigenvalue weighted by Gasteiger charge is 2.72. The Morgan fingerprint density at radius 2 is 1.62 bits per heavy atom. The number of hydrogen-bond acceptors (Lipinski definition) is 4. The van der Waals surface area contributed by atoms with E-state index in [0.717, 1.165) is 51.4 Å². The van der Waals surface area contributed by atoms with Gasteiger partial charge in [0.05, 0.1) is 17.9 Å². The van der Waals surface area contributed by atoms with Crippen LogP contribution in [-0.2, 0) is 19.1 Å². The molecule has 0 aromatic carbocycles. The molecule has 7 nitrogen and oxygen atoms in total. The Hall–Kier alpha value is -1.89. The Labute approximate surface area is 190 Å². The first-order chi connectivity index (χ1) is 15.4. The Morgan fingerprint density at radius 1 is 1.03 bits per heavy atom. The molecular weight excluding hydrogens is 406 g/mol. The predicted molar refractivity (Wildman–Crippen MR) is 119 cm³/mol. The van der Waals surface area contributed by atoms with Crippen LogP contribution in [0.2, 0.25) is 0 Å². The van der Waals surface area contributed by atoms with Gasteiger partial charge in [-0.25, -0.2) is 0 Å². The average Bonchev–Trinajstić information content (AvgIpc) is 3.51. The minimum absolute atomic E-state index is 0.0900. The third kappa shape index (κ3) is 3.57. The summed E-state index contributed by atoms with van der Waals surface area (Å²) >= 11 is 0. The van der Waals surface area contributed by atoms with E-state index in [4.69, 9.17) is 4.74 Å². The van der Waals surface area contributed by atoms with Crippen molar-refractivity contribution in [2.75, 3.05) is 6.54 Å². The molecule has 2 N–H and O–H groups in total. The van der Waals surface area contributed by atoms with Crippen LogP contribution in [0.15, 0.2) is 12.2 Å². The molecule has 5 atom stereocenters. The summed E-state index contributed by atoms with van der Waals surface area (Å²) in [6.45, 7) is 4.58. The van der Waals surface area contributed by atoms with Crippen molar-refractivity contribution in [3.63, 3.8) is 0 Å². The van der Waals surface area contributed by atoms with E-state index < -0.39 is 29.6 Å². The van der Waals surface area contributed by atoms with Crippen LogP contribution in [0, 0.1) is 17.8 Å². The minimum Gasteiger partial charge on any atom is -0.359 e. The van der Waals surface area contributed by atoms with E-state index in [2.05, 4.69) is 10.6 Å². The van der Waals surface area contributed by atoms with Crippen LogP contribution < -0.4 is 10.6 Å². The van der Waals surface area contributed by atoms with Gasteiger partial charge in [0, 0.05) is 18.6 Å². The number of nitrogens with zero attached hydrogens (tertiary/aromatic N) is 1. The summed E-state index contributed by atoms with van der Waals surface area (Å²) in [4.78, 5) is 42.3. The van der Waals surface area contributed by atoms with Gasteiger partial charge in [-0.3, -0.25) is 14.4 Å². The monoisotopic (exact) mass is 443 g/mol. The number of ether oxygens (including phenoxy) is 1. The zero-order chi connectivity index (χ0) is 22.5. The molecule has 0 radical (unpaired) electrons. The standard InChI is InChI=1S/C25H37N3O4/c1-15(2)14-28-21(23(30)27-17-10-6-7-11-17)25-13-12-18(32-25)19(20(25)24(28)31)22(29)26-16-8-4-3-5-9-16/h12-13,15-21H,3-11,14H2,1-2H3,(H,26,29)(H,27,30)/t18-,19+,20-,21-,25+/m1/s1. The maximum absolute atomic E-state index is 13.7. The van der Waals surface area contributed by atoms with Crippen molar-refractivity contribution in [2.24, 2.45) is 17.8 Å². The summed E-state index contributed by atoms with van der Waals surface area (Å²) in [5.41, 5.74) is -1.03. The summed E-state index contributed by atoms with van der Waals surface area (Å²) in [6.07, 6.45) is 13.1. The second-order valence-electron chi connectivity index (χ2n) is 10.9. The van der Waals surface area contributed by atoms with Crippen LogP contribution >= 0.6 is 0 Å². The number of amides is 3. The number of carbonyl (C=O) groups is 3. The molecule has 2 saturated carbocycles. The molecule has 0 unspecified atom stereocenters. The summed E-state index contributed by atoms with van der Waals surface area (Å²) < 4.78 is 6.39. The fourth-order valence-electron chi connectivity index (χ4n) is 6.75. The van der Waals surface area contributed by atoms with Crippen molar-refractivity contribution in [2.45, 2.75) is 101 Å². The van der Waals surface area contributed by atoms with Crippen molar-refractivity contribution in [3.05, 3.63) is 12.2 Å². The topological polar surface area (TPSA) is 87.7 Å². The largest absolute Gasteiger partial charge is 0.359 e. The van der Waals surface area contributed by atoms with Gasteiger partial charge in [-0.2, -0.15) is 0 Å². The molecule has 3 aliphatic heterocycles. The molecule has 0 aromatic heterocycles. The molecule has 4 fully saturated rings. The summed E-state index contributed by atoms with van der Waals surface area (Å²) in [6, 6.07) is -0.362. The second-order valence-corrected chi connectivity index (χ2v) is 10.9. The number of carbonyl (C=O) groups excluding carboxylic acids is 3. The van der Waals surface area contributed by atoms with Crippen molar-refractivity contribution in [3.8, 4) is 0 Å². The van der Waals surface area contributed by atoms with Gasteiger partial charge in [-0.05, 0) is 31.6 Å². The molecule has 3 heterocycles. The van der Waals surface area contributed by atoms with Gasteiger partial charge >= 0.3 is 0 Å². The van der Waals surface area contributed by atoms with Gasteiger partial charge in [-0.15, -0.1) is 0 Å². The third-order valence-electron chi connectivity index (χ3n) is 8.14. The Morgan fingerprint density at radius 3 is 2.25 bits per heavy atom. The molecular formula is C25H37N3O4. The van der Waals surface area contributed by atoms with E-state index in [0.29, 0.717) is 6.54 Å². The molecule has 7 heteroatoms. The summed E-state index contributed by atoms with van der Waals surface area (Å²) in [5.74, 6) is -1.31. The Bertz CT molecular complexity index is 799. The summed E-state index contributed by atoms with van der Waals surface area (Å²) in [5, 5.41) is 6.41. The van der Waals surface area contributed by atoms with Crippen LogP contribution in [0.25, 0.3) is 0 Å². The predicted octanol–water partition coefficient (Wildman–Crippen LogP) is 2.30. The SMILES string of the molecule is CC(C)CN1C(=O)[C@H]2[C@@H](C(=O)NC3CCCCC3)[C@H]3C=C[C@@]2(O3)[C@H]1C(=O)NC1CCCC1. The zero-order valence-electron chi connectivity index (χ0n) is 19.3. The maximum atomic E-state index is 13.7. The molecule has 3 amide bonds. The third-order valence-corrected chi connectivity index (χ3v) is 8.14. The molecule has 2 aliphatic carbocycles. The lowest BCUT2D eigenvalue weighted by Gasteiger charge is -2.33. The molecule has 5 aliphatic rings. The first-order valence-corrected chi connectivity index (χ1v) is 12.7. The lowest BCUT2D eigenvalue weighted by molar-refractivity contribution is -0.142.